The Hall–Kier alpha value is -1.01. The Labute approximate surface area is 326 Å². The summed E-state index contributed by atoms with van der Waals surface area (Å²) in [6.07, 6.45) is 8.95. The molecule has 3 saturated heterocycles. The zero-order valence-corrected chi connectivity index (χ0v) is 35.3. The molecule has 5 aliphatic carbocycles. The van der Waals surface area contributed by atoms with Crippen LogP contribution in [0.4, 0.5) is 4.79 Å². The molecule has 0 aromatic rings. The van der Waals surface area contributed by atoms with Crippen molar-refractivity contribution in [2.45, 2.75) is 143 Å². The third kappa shape index (κ3) is 5.98. The van der Waals surface area contributed by atoms with Crippen LogP contribution in [-0.4, -0.2) is 136 Å². The van der Waals surface area contributed by atoms with Gasteiger partial charge in [0.05, 0.1) is 37.6 Å². The fraction of sp³-hybridized carbons (Fsp3) is 0.977. The Morgan fingerprint density at radius 1 is 1.00 bits per heavy atom. The topological polar surface area (TPSA) is 93.2 Å². The molecule has 10 heteroatoms. The lowest BCUT2D eigenvalue weighted by Crippen LogP contribution is -2.60. The molecule has 0 aromatic carbocycles. The van der Waals surface area contributed by atoms with Gasteiger partial charge in [0.1, 0.15) is 6.10 Å². The summed E-state index contributed by atoms with van der Waals surface area (Å²) in [5, 5.41) is 12.8. The molecular weight excluding hydrogens is 682 g/mol. The largest absolute Gasteiger partial charge is 0.443 e. The number of nitrogens with zero attached hydrogens (tertiary/aromatic N) is 3. The average Bonchev–Trinajstić information content (AvgIpc) is 3.74. The quantitative estimate of drug-likeness (QED) is 0.261. The first-order valence-corrected chi connectivity index (χ1v) is 22.1. The molecule has 14 atom stereocenters. The molecule has 0 aromatic heterocycles. The Balaban J connectivity index is 0.957. The number of rotatable bonds is 11. The molecule has 3 aliphatic heterocycles. The fourth-order valence-electron chi connectivity index (χ4n) is 14.9. The summed E-state index contributed by atoms with van der Waals surface area (Å²) in [5.74, 6) is 1.95. The van der Waals surface area contributed by atoms with Gasteiger partial charge in [-0.2, -0.15) is 0 Å². The molecule has 5 unspecified atom stereocenters. The first kappa shape index (κ1) is 39.8. The van der Waals surface area contributed by atoms with Gasteiger partial charge in [-0.15, -0.1) is 0 Å². The lowest BCUT2D eigenvalue weighted by Gasteiger charge is -2.64. The summed E-state index contributed by atoms with van der Waals surface area (Å²) in [6.45, 7) is 24.5. The molecule has 8 aliphatic rings. The van der Waals surface area contributed by atoms with Gasteiger partial charge in [-0.05, 0) is 116 Å². The maximum Gasteiger partial charge on any atom is 0.410 e. The van der Waals surface area contributed by atoms with Gasteiger partial charge in [0, 0.05) is 58.3 Å². The van der Waals surface area contributed by atoms with Crippen molar-refractivity contribution in [2.24, 2.45) is 56.7 Å². The number of morpholine rings is 1. The van der Waals surface area contributed by atoms with Crippen molar-refractivity contribution in [1.29, 1.82) is 0 Å². The van der Waals surface area contributed by atoms with E-state index in [9.17, 15) is 9.90 Å². The van der Waals surface area contributed by atoms with E-state index in [1.165, 1.54) is 32.1 Å². The molecule has 3 heterocycles. The molecule has 1 N–H and O–H groups in total. The van der Waals surface area contributed by atoms with Crippen LogP contribution < -0.4 is 0 Å². The van der Waals surface area contributed by atoms with Crippen molar-refractivity contribution < 1.29 is 33.6 Å². The number of aliphatic hydroxyl groups excluding tert-OH is 1. The average molecular weight is 758 g/mol. The van der Waals surface area contributed by atoms with E-state index in [1.807, 2.05) is 0 Å². The molecule has 5 saturated carbocycles. The Bertz CT molecular complexity index is 1380. The molecule has 2 spiro atoms. The van der Waals surface area contributed by atoms with Gasteiger partial charge in [-0.3, -0.25) is 4.90 Å². The van der Waals surface area contributed by atoms with Gasteiger partial charge in [-0.25, -0.2) is 4.79 Å². The van der Waals surface area contributed by atoms with Crippen LogP contribution in [-0.2, 0) is 23.7 Å². The van der Waals surface area contributed by atoms with E-state index in [2.05, 4.69) is 65.3 Å². The van der Waals surface area contributed by atoms with Gasteiger partial charge in [0.25, 0.3) is 0 Å². The monoisotopic (exact) mass is 758 g/mol. The Kier molecular flexibility index (Phi) is 10.6. The summed E-state index contributed by atoms with van der Waals surface area (Å²) in [6, 6.07) is 0. The third-order valence-corrected chi connectivity index (χ3v) is 18.0. The minimum Gasteiger partial charge on any atom is -0.443 e. The van der Waals surface area contributed by atoms with Crippen molar-refractivity contribution in [3.63, 3.8) is 0 Å². The van der Waals surface area contributed by atoms with E-state index in [-0.39, 0.29) is 59.0 Å². The number of ether oxygens (including phenoxy) is 5. The van der Waals surface area contributed by atoms with Crippen molar-refractivity contribution in [3.8, 4) is 0 Å². The van der Waals surface area contributed by atoms with E-state index in [0.717, 1.165) is 84.7 Å². The summed E-state index contributed by atoms with van der Waals surface area (Å²) in [7, 11) is 3.94. The van der Waals surface area contributed by atoms with Crippen molar-refractivity contribution in [2.75, 3.05) is 73.2 Å². The van der Waals surface area contributed by atoms with E-state index in [1.54, 1.807) is 12.0 Å². The van der Waals surface area contributed by atoms with Crippen molar-refractivity contribution in [1.82, 2.24) is 14.7 Å². The van der Waals surface area contributed by atoms with E-state index in [0.29, 0.717) is 34.5 Å². The molecule has 0 bridgehead atoms. The number of hydrogen-bond acceptors (Lipinski definition) is 9. The predicted octanol–water partition coefficient (Wildman–Crippen LogP) is 6.29. The van der Waals surface area contributed by atoms with E-state index in [4.69, 9.17) is 23.7 Å². The zero-order valence-electron chi connectivity index (χ0n) is 35.3. The van der Waals surface area contributed by atoms with Gasteiger partial charge >= 0.3 is 6.09 Å². The second kappa shape index (κ2) is 14.4. The van der Waals surface area contributed by atoms with Gasteiger partial charge in [0.15, 0.2) is 6.29 Å². The molecular formula is C44H75N3O7. The standard InChI is InChI=1S/C44H75N3O7/c1-28(2)36(54-39(49)47-17-10-18-47)30-25-29(3)35-37(52-30)38(48)42(7)32-12-11-31-40(4,5)33(13-14-43(31)27-44(32,43)16-15-41(35,42)6)53-34-26-46(22-24-51-34)20-19-45(8)21-23-50-9/h28-38,48H,10-27H2,1-9H3/t29-,30?,31+,32?,33+,34?,35+,36-,37?,38+,41-,42?,43-,44+/m1/s1. The maximum atomic E-state index is 13.0. The second-order valence-corrected chi connectivity index (χ2v) is 21.0. The number of fused-ring (bicyclic) bond motifs is 4. The highest BCUT2D eigenvalue weighted by atomic mass is 16.7. The van der Waals surface area contributed by atoms with Gasteiger partial charge in [0.2, 0.25) is 0 Å². The smallest absolute Gasteiger partial charge is 0.410 e. The summed E-state index contributed by atoms with van der Waals surface area (Å²) < 4.78 is 31.8. The van der Waals surface area contributed by atoms with Crippen LogP contribution in [0.2, 0.25) is 0 Å². The van der Waals surface area contributed by atoms with E-state index < -0.39 is 6.10 Å². The summed E-state index contributed by atoms with van der Waals surface area (Å²) >= 11 is 0. The molecule has 308 valence electrons. The minimum absolute atomic E-state index is 0.00819. The van der Waals surface area contributed by atoms with E-state index >= 15 is 0 Å². The predicted molar refractivity (Wildman–Crippen MR) is 208 cm³/mol. The van der Waals surface area contributed by atoms with Crippen LogP contribution >= 0.6 is 0 Å². The lowest BCUT2D eigenvalue weighted by molar-refractivity contribution is -0.249. The highest BCUT2D eigenvalue weighted by Gasteiger charge is 2.84. The van der Waals surface area contributed by atoms with Crippen LogP contribution in [0.1, 0.15) is 106 Å². The SMILES string of the molecule is COCCN(C)CCN1CCOC(O[C@H]2CC[C@]34C[C@]35CC[C@]3(C)[C@@H]6C(OC([C@H](OC(=O)N7CCC7)C(C)C)C[C@H]6C)[C@H](O)C3(C)C5CC[C@H]4C2(C)C)C1. The number of amides is 1. The highest BCUT2D eigenvalue weighted by molar-refractivity contribution is 5.68. The molecule has 10 nitrogen and oxygen atoms in total. The second-order valence-electron chi connectivity index (χ2n) is 21.0. The number of carbonyl (C=O) groups excluding carboxylic acids is 1. The van der Waals surface area contributed by atoms with Crippen molar-refractivity contribution >= 4 is 6.09 Å². The first-order chi connectivity index (χ1) is 25.6. The maximum absolute atomic E-state index is 13.0. The zero-order chi connectivity index (χ0) is 38.4. The first-order valence-electron chi connectivity index (χ1n) is 22.1. The normalized spacial score (nSPS) is 47.2. The van der Waals surface area contributed by atoms with Crippen LogP contribution in [0, 0.1) is 56.7 Å². The fourth-order valence-corrected chi connectivity index (χ4v) is 14.9. The minimum atomic E-state index is -0.521. The number of likely N-dealkylation sites (tertiary alicyclic amines) is 1. The van der Waals surface area contributed by atoms with Crippen LogP contribution in [0.25, 0.3) is 0 Å². The van der Waals surface area contributed by atoms with Crippen LogP contribution in [0.3, 0.4) is 0 Å². The number of carbonyl (C=O) groups is 1. The lowest BCUT2D eigenvalue weighted by atomic mass is 9.41. The summed E-state index contributed by atoms with van der Waals surface area (Å²) in [5.41, 5.74) is 0.491. The van der Waals surface area contributed by atoms with Gasteiger partial charge < -0.3 is 38.6 Å². The number of hydrogen-bond donors (Lipinski definition) is 1. The molecule has 8 fully saturated rings. The van der Waals surface area contributed by atoms with Gasteiger partial charge in [-0.1, -0.05) is 48.5 Å². The van der Waals surface area contributed by atoms with Crippen LogP contribution in [0.15, 0.2) is 0 Å². The number of methoxy groups -OCH3 is 1. The van der Waals surface area contributed by atoms with Crippen molar-refractivity contribution in [3.05, 3.63) is 0 Å². The third-order valence-electron chi connectivity index (χ3n) is 18.0. The number of likely N-dealkylation sites (N-methyl/N-ethyl adjacent to an activating group) is 1. The highest BCUT2D eigenvalue weighted by Crippen LogP contribution is 2.89. The van der Waals surface area contributed by atoms with Crippen LogP contribution in [0.5, 0.6) is 0 Å². The number of aliphatic hydroxyl groups is 1. The summed E-state index contributed by atoms with van der Waals surface area (Å²) in [4.78, 5) is 19.7. The Morgan fingerprint density at radius 3 is 2.44 bits per heavy atom. The molecule has 54 heavy (non-hydrogen) atoms. The Morgan fingerprint density at radius 2 is 1.74 bits per heavy atom. The molecule has 0 radical (unpaired) electrons. The molecule has 8 rings (SSSR count). The molecule has 1 amide bonds.